The maximum atomic E-state index is 12.3. The van der Waals surface area contributed by atoms with Gasteiger partial charge >= 0.3 is 6.03 Å². The van der Waals surface area contributed by atoms with Crippen LogP contribution < -0.4 is 10.2 Å². The molecule has 0 aliphatic carbocycles. The third-order valence-electron chi connectivity index (χ3n) is 4.50. The summed E-state index contributed by atoms with van der Waals surface area (Å²) in [5.41, 5.74) is 0.999. The number of amides is 2. The maximum absolute atomic E-state index is 12.3. The van der Waals surface area contributed by atoms with Crippen molar-refractivity contribution < 1.29 is 4.79 Å². The van der Waals surface area contributed by atoms with E-state index in [9.17, 15) is 4.79 Å². The second kappa shape index (κ2) is 9.02. The second-order valence-electron chi connectivity index (χ2n) is 7.62. The number of urea groups is 1. The van der Waals surface area contributed by atoms with Gasteiger partial charge in [-0.05, 0) is 25.7 Å². The lowest BCUT2D eigenvalue weighted by Gasteiger charge is -2.35. The van der Waals surface area contributed by atoms with Crippen LogP contribution in [0.2, 0.25) is 0 Å². The topological polar surface area (TPSA) is 61.4 Å². The summed E-state index contributed by atoms with van der Waals surface area (Å²) in [4.78, 5) is 25.6. The van der Waals surface area contributed by atoms with Crippen LogP contribution in [0.15, 0.2) is 6.07 Å². The van der Waals surface area contributed by atoms with Gasteiger partial charge in [0, 0.05) is 50.4 Å². The van der Waals surface area contributed by atoms with E-state index in [4.69, 9.17) is 4.98 Å². The number of carbonyl (C=O) groups excluding carboxylic acids is 1. The van der Waals surface area contributed by atoms with Gasteiger partial charge in [0.1, 0.15) is 11.6 Å². The van der Waals surface area contributed by atoms with Crippen molar-refractivity contribution in [2.45, 2.75) is 53.4 Å². The van der Waals surface area contributed by atoms with Crippen LogP contribution in [0.25, 0.3) is 0 Å². The predicted octanol–water partition coefficient (Wildman–Crippen LogP) is 3.18. The van der Waals surface area contributed by atoms with Crippen molar-refractivity contribution in [2.75, 3.05) is 37.6 Å². The summed E-state index contributed by atoms with van der Waals surface area (Å²) >= 11 is 0. The number of hydrogen-bond acceptors (Lipinski definition) is 4. The van der Waals surface area contributed by atoms with Crippen molar-refractivity contribution in [2.24, 2.45) is 5.92 Å². The Labute approximate surface area is 152 Å². The summed E-state index contributed by atoms with van der Waals surface area (Å²) < 4.78 is 0. The third-order valence-corrected chi connectivity index (χ3v) is 4.50. The van der Waals surface area contributed by atoms with Crippen LogP contribution >= 0.6 is 0 Å². The molecule has 0 aromatic carbocycles. The van der Waals surface area contributed by atoms with E-state index in [1.54, 1.807) is 0 Å². The van der Waals surface area contributed by atoms with E-state index in [0.717, 1.165) is 62.9 Å². The first-order valence-corrected chi connectivity index (χ1v) is 9.50. The predicted molar refractivity (Wildman–Crippen MR) is 102 cm³/mol. The minimum absolute atomic E-state index is 0.0603. The highest BCUT2D eigenvalue weighted by Gasteiger charge is 2.22. The summed E-state index contributed by atoms with van der Waals surface area (Å²) in [6.07, 6.45) is 2.20. The summed E-state index contributed by atoms with van der Waals surface area (Å²) in [7, 11) is 0. The molecule has 1 aliphatic rings. The van der Waals surface area contributed by atoms with E-state index in [-0.39, 0.29) is 6.03 Å². The fourth-order valence-electron chi connectivity index (χ4n) is 2.95. The van der Waals surface area contributed by atoms with Gasteiger partial charge in [0.2, 0.25) is 0 Å². The van der Waals surface area contributed by atoms with Crippen molar-refractivity contribution in [3.8, 4) is 0 Å². The highest BCUT2D eigenvalue weighted by molar-refractivity contribution is 5.74. The Morgan fingerprint density at radius 2 is 1.84 bits per heavy atom. The molecule has 2 heterocycles. The summed E-state index contributed by atoms with van der Waals surface area (Å²) in [6, 6.07) is 2.10. The minimum Gasteiger partial charge on any atom is -0.353 e. The van der Waals surface area contributed by atoms with E-state index in [1.165, 1.54) is 0 Å². The molecule has 0 radical (unpaired) electrons. The normalized spacial score (nSPS) is 15.2. The van der Waals surface area contributed by atoms with Crippen LogP contribution in [0, 0.1) is 12.8 Å². The second-order valence-corrected chi connectivity index (χ2v) is 7.62. The summed E-state index contributed by atoms with van der Waals surface area (Å²) in [6.45, 7) is 14.5. The molecule has 1 aromatic rings. The first-order chi connectivity index (χ1) is 11.9. The number of anilines is 1. The number of carbonyl (C=O) groups is 1. The molecule has 0 atom stereocenters. The lowest BCUT2D eigenvalue weighted by Crippen LogP contribution is -2.52. The van der Waals surface area contributed by atoms with E-state index in [2.05, 4.69) is 42.9 Å². The Balaban J connectivity index is 1.84. The Bertz CT molecular complexity index is 565. The molecule has 1 saturated heterocycles. The summed E-state index contributed by atoms with van der Waals surface area (Å²) in [5.74, 6) is 2.87. The van der Waals surface area contributed by atoms with Crippen LogP contribution in [0.4, 0.5) is 10.6 Å². The smallest absolute Gasteiger partial charge is 0.317 e. The molecule has 140 valence electrons. The Hall–Kier alpha value is -1.85. The summed E-state index contributed by atoms with van der Waals surface area (Å²) in [5, 5.41) is 3.04. The molecule has 6 heteroatoms. The molecule has 2 amide bonds. The SMILES string of the molecule is Cc1cc(N2CCN(C(=O)NCCCC(C)C)CC2)nc(C(C)C)n1. The van der Waals surface area contributed by atoms with E-state index >= 15 is 0 Å². The first-order valence-electron chi connectivity index (χ1n) is 9.50. The van der Waals surface area contributed by atoms with Crippen LogP contribution in [0.1, 0.15) is 58.0 Å². The average Bonchev–Trinajstić information content (AvgIpc) is 2.58. The lowest BCUT2D eigenvalue weighted by atomic mass is 10.1. The number of aryl methyl sites for hydroxylation is 1. The first kappa shape index (κ1) is 19.5. The van der Waals surface area contributed by atoms with Crippen molar-refractivity contribution >= 4 is 11.8 Å². The number of nitrogens with one attached hydrogen (secondary N) is 1. The largest absolute Gasteiger partial charge is 0.353 e. The molecule has 1 aliphatic heterocycles. The molecular weight excluding hydrogens is 314 g/mol. The standard InChI is InChI=1S/C19H33N5O/c1-14(2)7-6-8-20-19(25)24-11-9-23(10-12-24)17-13-16(5)21-18(22-17)15(3)4/h13-15H,6-12H2,1-5H3,(H,20,25). The third kappa shape index (κ3) is 5.87. The van der Waals surface area contributed by atoms with Gasteiger partial charge in [-0.15, -0.1) is 0 Å². The minimum atomic E-state index is 0.0603. The quantitative estimate of drug-likeness (QED) is 0.803. The highest BCUT2D eigenvalue weighted by Crippen LogP contribution is 2.18. The number of aromatic nitrogens is 2. The van der Waals surface area contributed by atoms with Crippen LogP contribution in [-0.2, 0) is 0 Å². The van der Waals surface area contributed by atoms with Crippen molar-refractivity contribution in [1.82, 2.24) is 20.2 Å². The molecule has 6 nitrogen and oxygen atoms in total. The van der Waals surface area contributed by atoms with Crippen LogP contribution in [0.3, 0.4) is 0 Å². The lowest BCUT2D eigenvalue weighted by molar-refractivity contribution is 0.194. The van der Waals surface area contributed by atoms with Gasteiger partial charge in [0.25, 0.3) is 0 Å². The molecule has 0 saturated carbocycles. The molecule has 0 spiro atoms. The molecule has 1 aromatic heterocycles. The fourth-order valence-corrected chi connectivity index (χ4v) is 2.95. The maximum Gasteiger partial charge on any atom is 0.317 e. The molecule has 0 bridgehead atoms. The van der Waals surface area contributed by atoms with Gasteiger partial charge in [-0.2, -0.15) is 0 Å². The van der Waals surface area contributed by atoms with Crippen molar-refractivity contribution in [3.05, 3.63) is 17.6 Å². The highest BCUT2D eigenvalue weighted by atomic mass is 16.2. The van der Waals surface area contributed by atoms with Gasteiger partial charge in [-0.25, -0.2) is 14.8 Å². The van der Waals surface area contributed by atoms with Crippen molar-refractivity contribution in [3.63, 3.8) is 0 Å². The van der Waals surface area contributed by atoms with E-state index in [0.29, 0.717) is 11.8 Å². The van der Waals surface area contributed by atoms with Crippen molar-refractivity contribution in [1.29, 1.82) is 0 Å². The monoisotopic (exact) mass is 347 g/mol. The molecule has 2 rings (SSSR count). The average molecular weight is 348 g/mol. The number of hydrogen-bond donors (Lipinski definition) is 1. The number of piperazine rings is 1. The zero-order chi connectivity index (χ0) is 18.4. The molecular formula is C19H33N5O. The molecule has 25 heavy (non-hydrogen) atoms. The fraction of sp³-hybridized carbons (Fsp3) is 0.737. The molecule has 1 N–H and O–H groups in total. The van der Waals surface area contributed by atoms with Gasteiger partial charge in [0.05, 0.1) is 0 Å². The van der Waals surface area contributed by atoms with Crippen LogP contribution in [0.5, 0.6) is 0 Å². The van der Waals surface area contributed by atoms with Gasteiger partial charge in [0.15, 0.2) is 0 Å². The zero-order valence-electron chi connectivity index (χ0n) is 16.4. The van der Waals surface area contributed by atoms with Gasteiger partial charge < -0.3 is 15.1 Å². The Morgan fingerprint density at radius 3 is 2.44 bits per heavy atom. The number of nitrogens with zero attached hydrogens (tertiary/aromatic N) is 4. The zero-order valence-corrected chi connectivity index (χ0v) is 16.4. The van der Waals surface area contributed by atoms with Gasteiger partial charge in [-0.1, -0.05) is 27.7 Å². The van der Waals surface area contributed by atoms with E-state index in [1.807, 2.05) is 17.9 Å². The van der Waals surface area contributed by atoms with Gasteiger partial charge in [-0.3, -0.25) is 0 Å². The van der Waals surface area contributed by atoms with E-state index < -0.39 is 0 Å². The number of rotatable bonds is 6. The Morgan fingerprint density at radius 1 is 1.16 bits per heavy atom. The Kier molecular flexibility index (Phi) is 7.02. The van der Waals surface area contributed by atoms with Crippen LogP contribution in [-0.4, -0.2) is 53.6 Å². The molecule has 1 fully saturated rings. The molecule has 0 unspecified atom stereocenters.